The summed E-state index contributed by atoms with van der Waals surface area (Å²) < 4.78 is 10.2. The number of hydrogen-bond acceptors (Lipinski definition) is 9. The minimum absolute atomic E-state index is 0.0266. The molecule has 0 aliphatic carbocycles. The number of benzene rings is 1. The van der Waals surface area contributed by atoms with Crippen LogP contribution in [0.25, 0.3) is 0 Å². The Labute approximate surface area is 159 Å². The van der Waals surface area contributed by atoms with Crippen molar-refractivity contribution in [3.05, 3.63) is 39.9 Å². The van der Waals surface area contributed by atoms with Gasteiger partial charge in [0.2, 0.25) is 11.6 Å². The molecule has 0 unspecified atom stereocenters. The number of carbonyl (C=O) groups is 1. The van der Waals surface area contributed by atoms with Gasteiger partial charge in [0.05, 0.1) is 25.2 Å². The summed E-state index contributed by atoms with van der Waals surface area (Å²) in [5, 5.41) is 11.7. The highest BCUT2D eigenvalue weighted by molar-refractivity contribution is 7.98. The van der Waals surface area contributed by atoms with E-state index in [1.54, 1.807) is 37.4 Å². The third-order valence-corrected chi connectivity index (χ3v) is 4.00. The van der Waals surface area contributed by atoms with Gasteiger partial charge in [-0.05, 0) is 30.9 Å². The van der Waals surface area contributed by atoms with Gasteiger partial charge >= 0.3 is 11.8 Å². The smallest absolute Gasteiger partial charge is 0.415 e. The second-order valence-corrected chi connectivity index (χ2v) is 5.93. The Bertz CT molecular complexity index is 848. The summed E-state index contributed by atoms with van der Waals surface area (Å²) in [6.07, 6.45) is 0.912. The number of ether oxygens (including phenoxy) is 2. The highest BCUT2D eigenvalue weighted by Gasteiger charge is 2.31. The van der Waals surface area contributed by atoms with Crippen LogP contribution in [0, 0.1) is 10.1 Å². The number of rotatable bonds is 7. The number of hydrogen-bond donors (Lipinski definition) is 1. The second-order valence-electron chi connectivity index (χ2n) is 5.16. The van der Waals surface area contributed by atoms with Crippen LogP contribution in [0.4, 0.5) is 22.1 Å². The van der Waals surface area contributed by atoms with Crippen molar-refractivity contribution in [1.82, 2.24) is 9.97 Å². The topological polar surface area (TPSA) is 134 Å². The lowest BCUT2D eigenvalue weighted by Gasteiger charge is -2.21. The van der Waals surface area contributed by atoms with Gasteiger partial charge in [-0.3, -0.25) is 15.0 Å². The Balaban J connectivity index is 2.58. The monoisotopic (exact) mass is 393 g/mol. The summed E-state index contributed by atoms with van der Waals surface area (Å²) in [4.78, 5) is 32.4. The van der Waals surface area contributed by atoms with Gasteiger partial charge < -0.3 is 15.2 Å². The van der Waals surface area contributed by atoms with Crippen LogP contribution in [-0.4, -0.2) is 41.0 Å². The van der Waals surface area contributed by atoms with Crippen LogP contribution < -0.4 is 15.4 Å². The molecule has 10 nitrogen and oxygen atoms in total. The molecule has 1 aromatic heterocycles. The SMILES string of the molecule is CCOC(=O)N(Cc1cccc(OC)c1)c1nc(SC)nc(N)c1[N+](=O)[O-]. The van der Waals surface area contributed by atoms with Crippen LogP contribution in [0.1, 0.15) is 12.5 Å². The minimum Gasteiger partial charge on any atom is -0.497 e. The van der Waals surface area contributed by atoms with E-state index in [1.807, 2.05) is 0 Å². The minimum atomic E-state index is -0.784. The number of methoxy groups -OCH3 is 1. The number of anilines is 2. The first-order valence-corrected chi connectivity index (χ1v) is 9.06. The van der Waals surface area contributed by atoms with E-state index in [4.69, 9.17) is 15.2 Å². The zero-order chi connectivity index (χ0) is 20.0. The first kappa shape index (κ1) is 20.2. The van der Waals surface area contributed by atoms with Crippen molar-refractivity contribution in [2.45, 2.75) is 18.6 Å². The summed E-state index contributed by atoms with van der Waals surface area (Å²) in [6.45, 7) is 1.70. The lowest BCUT2D eigenvalue weighted by molar-refractivity contribution is -0.383. The Morgan fingerprint density at radius 1 is 1.41 bits per heavy atom. The molecule has 2 aromatic rings. The van der Waals surface area contributed by atoms with Crippen molar-refractivity contribution in [2.24, 2.45) is 0 Å². The van der Waals surface area contributed by atoms with Crippen LogP contribution in [-0.2, 0) is 11.3 Å². The zero-order valence-corrected chi connectivity index (χ0v) is 15.9. The molecule has 0 fully saturated rings. The van der Waals surface area contributed by atoms with Gasteiger partial charge in [-0.1, -0.05) is 23.9 Å². The van der Waals surface area contributed by atoms with Gasteiger partial charge in [-0.15, -0.1) is 0 Å². The molecular formula is C16H19N5O5S. The fourth-order valence-corrected chi connectivity index (χ4v) is 2.64. The Kier molecular flexibility index (Phi) is 6.77. The fraction of sp³-hybridized carbons (Fsp3) is 0.312. The number of nitrogen functional groups attached to an aromatic ring is 1. The zero-order valence-electron chi connectivity index (χ0n) is 15.0. The summed E-state index contributed by atoms with van der Waals surface area (Å²) >= 11 is 1.15. The van der Waals surface area contributed by atoms with Gasteiger partial charge in [0, 0.05) is 0 Å². The van der Waals surface area contributed by atoms with E-state index < -0.39 is 16.7 Å². The van der Waals surface area contributed by atoms with Crippen molar-refractivity contribution in [3.8, 4) is 5.75 Å². The van der Waals surface area contributed by atoms with Gasteiger partial charge in [-0.25, -0.2) is 4.79 Å². The first-order valence-electron chi connectivity index (χ1n) is 7.84. The normalized spacial score (nSPS) is 10.3. The summed E-state index contributed by atoms with van der Waals surface area (Å²) in [5.41, 5.74) is 5.86. The highest BCUT2D eigenvalue weighted by atomic mass is 32.2. The molecule has 2 N–H and O–H groups in total. The summed E-state index contributed by atoms with van der Waals surface area (Å²) in [7, 11) is 1.52. The number of nitrogens with zero attached hydrogens (tertiary/aromatic N) is 4. The molecule has 0 atom stereocenters. The predicted molar refractivity (Wildman–Crippen MR) is 101 cm³/mol. The summed E-state index contributed by atoms with van der Waals surface area (Å²) in [6, 6.07) is 6.95. The standard InChI is InChI=1S/C16H19N5O5S/c1-4-26-16(22)20(9-10-6-5-7-11(8-10)25-2)14-12(21(23)24)13(17)18-15(19-14)27-3/h5-8H,4,9H2,1-3H3,(H2,17,18,19). The molecule has 27 heavy (non-hydrogen) atoms. The van der Waals surface area contributed by atoms with Crippen molar-refractivity contribution in [3.63, 3.8) is 0 Å². The number of carbonyl (C=O) groups excluding carboxylic acids is 1. The van der Waals surface area contributed by atoms with Gasteiger partial charge in [0.1, 0.15) is 5.75 Å². The van der Waals surface area contributed by atoms with E-state index in [0.29, 0.717) is 11.3 Å². The van der Waals surface area contributed by atoms with E-state index in [1.165, 1.54) is 7.11 Å². The van der Waals surface area contributed by atoms with Crippen LogP contribution in [0.5, 0.6) is 5.75 Å². The van der Waals surface area contributed by atoms with Crippen LogP contribution >= 0.6 is 11.8 Å². The summed E-state index contributed by atoms with van der Waals surface area (Å²) in [5.74, 6) is 0.0326. The number of nitro groups is 1. The maximum absolute atomic E-state index is 12.5. The molecule has 0 aliphatic rings. The molecule has 0 aliphatic heterocycles. The molecule has 2 rings (SSSR count). The maximum atomic E-state index is 12.5. The first-order chi connectivity index (χ1) is 12.9. The Morgan fingerprint density at radius 2 is 2.15 bits per heavy atom. The number of nitrogens with two attached hydrogens (primary N) is 1. The molecule has 0 saturated carbocycles. The predicted octanol–water partition coefficient (Wildman–Crippen LogP) is 2.86. The number of aromatic nitrogens is 2. The average Bonchev–Trinajstić information content (AvgIpc) is 2.65. The van der Waals surface area contributed by atoms with Crippen molar-refractivity contribution in [1.29, 1.82) is 0 Å². The fourth-order valence-electron chi connectivity index (χ4n) is 2.27. The molecule has 0 radical (unpaired) electrons. The van der Waals surface area contributed by atoms with E-state index in [2.05, 4.69) is 9.97 Å². The van der Waals surface area contributed by atoms with E-state index in [-0.39, 0.29) is 29.9 Å². The number of thioether (sulfide) groups is 1. The lowest BCUT2D eigenvalue weighted by atomic mass is 10.2. The van der Waals surface area contributed by atoms with Crippen molar-refractivity contribution in [2.75, 3.05) is 30.6 Å². The van der Waals surface area contributed by atoms with Crippen molar-refractivity contribution < 1.29 is 19.2 Å². The van der Waals surface area contributed by atoms with Gasteiger partial charge in [0.25, 0.3) is 0 Å². The Morgan fingerprint density at radius 3 is 2.74 bits per heavy atom. The molecule has 0 saturated heterocycles. The Hall–Kier alpha value is -3.08. The molecule has 144 valence electrons. The molecular weight excluding hydrogens is 374 g/mol. The van der Waals surface area contributed by atoms with E-state index in [9.17, 15) is 14.9 Å². The molecule has 0 bridgehead atoms. The van der Waals surface area contributed by atoms with Crippen LogP contribution in [0.2, 0.25) is 0 Å². The molecule has 11 heteroatoms. The van der Waals surface area contributed by atoms with Gasteiger partial charge in [-0.2, -0.15) is 9.97 Å². The van der Waals surface area contributed by atoms with Crippen molar-refractivity contribution >= 4 is 35.2 Å². The number of amides is 1. The quantitative estimate of drug-likeness (QED) is 0.326. The second kappa shape index (κ2) is 9.03. The van der Waals surface area contributed by atoms with E-state index in [0.717, 1.165) is 16.7 Å². The lowest BCUT2D eigenvalue weighted by Crippen LogP contribution is -2.33. The van der Waals surface area contributed by atoms with E-state index >= 15 is 0 Å². The largest absolute Gasteiger partial charge is 0.497 e. The molecule has 0 spiro atoms. The van der Waals surface area contributed by atoms with Crippen LogP contribution in [0.3, 0.4) is 0 Å². The van der Waals surface area contributed by atoms with Gasteiger partial charge in [0.15, 0.2) is 5.16 Å². The molecule has 1 amide bonds. The third kappa shape index (κ3) is 4.76. The average molecular weight is 393 g/mol. The third-order valence-electron chi connectivity index (χ3n) is 3.46. The molecule has 1 heterocycles. The maximum Gasteiger partial charge on any atom is 0.415 e. The molecule has 1 aromatic carbocycles. The highest BCUT2D eigenvalue weighted by Crippen LogP contribution is 2.34. The van der Waals surface area contributed by atoms with Crippen LogP contribution in [0.15, 0.2) is 29.4 Å².